The molecule has 0 aromatic carbocycles. The van der Waals surface area contributed by atoms with Crippen LogP contribution >= 0.6 is 0 Å². The molecule has 0 aliphatic heterocycles. The summed E-state index contributed by atoms with van der Waals surface area (Å²) >= 11 is 0. The second-order valence-corrected chi connectivity index (χ2v) is 6.58. The molecule has 0 heterocycles. The van der Waals surface area contributed by atoms with Crippen molar-refractivity contribution in [3.05, 3.63) is 0 Å². The van der Waals surface area contributed by atoms with Crippen LogP contribution in [0.25, 0.3) is 0 Å². The smallest absolute Gasteiger partial charge is 0.238 e. The van der Waals surface area contributed by atoms with E-state index in [4.69, 9.17) is 5.73 Å². The number of primary amides is 1. The zero-order valence-electron chi connectivity index (χ0n) is 11.9. The van der Waals surface area contributed by atoms with Gasteiger partial charge in [-0.05, 0) is 58.0 Å². The summed E-state index contributed by atoms with van der Waals surface area (Å²) in [5.41, 5.74) is 4.85. The molecule has 0 radical (unpaired) electrons. The van der Waals surface area contributed by atoms with Crippen LogP contribution in [0, 0.1) is 17.8 Å². The third-order valence-corrected chi connectivity index (χ3v) is 5.11. The van der Waals surface area contributed by atoms with Gasteiger partial charge in [-0.25, -0.2) is 0 Å². The van der Waals surface area contributed by atoms with Gasteiger partial charge < -0.3 is 16.0 Å². The Kier molecular flexibility index (Phi) is 3.97. The highest BCUT2D eigenvalue weighted by Gasteiger charge is 2.40. The Morgan fingerprint density at radius 3 is 2.61 bits per heavy atom. The molecule has 3 N–H and O–H groups in total. The number of likely N-dealkylation sites (N-methyl/N-ethyl adjacent to an activating group) is 2. The molecule has 4 nitrogen and oxygen atoms in total. The van der Waals surface area contributed by atoms with Crippen LogP contribution in [0.3, 0.4) is 0 Å². The van der Waals surface area contributed by atoms with Gasteiger partial charge >= 0.3 is 0 Å². The van der Waals surface area contributed by atoms with Crippen molar-refractivity contribution in [3.8, 4) is 0 Å². The molecule has 0 spiro atoms. The van der Waals surface area contributed by atoms with Gasteiger partial charge in [0, 0.05) is 13.1 Å². The molecule has 2 saturated carbocycles. The largest absolute Gasteiger partial charge is 0.368 e. The molecule has 2 aliphatic rings. The van der Waals surface area contributed by atoms with Gasteiger partial charge in [-0.3, -0.25) is 4.79 Å². The lowest BCUT2D eigenvalue weighted by atomic mass is 9.88. The summed E-state index contributed by atoms with van der Waals surface area (Å²) < 4.78 is 0. The Balaban J connectivity index is 1.85. The highest BCUT2D eigenvalue weighted by atomic mass is 16.1. The third-order valence-electron chi connectivity index (χ3n) is 5.11. The van der Waals surface area contributed by atoms with Gasteiger partial charge in [0.2, 0.25) is 5.91 Å². The van der Waals surface area contributed by atoms with Crippen molar-refractivity contribution in [1.29, 1.82) is 0 Å². The normalized spacial score (nSPS) is 33.9. The molecule has 2 fully saturated rings. The number of amides is 1. The number of nitrogens with one attached hydrogen (secondary N) is 1. The fraction of sp³-hybridized carbons (Fsp3) is 0.929. The Labute approximate surface area is 110 Å². The second-order valence-electron chi connectivity index (χ2n) is 6.58. The lowest BCUT2D eigenvalue weighted by Crippen LogP contribution is -2.58. The van der Waals surface area contributed by atoms with Gasteiger partial charge in [0.1, 0.15) is 5.54 Å². The molecular weight excluding hydrogens is 226 g/mol. The van der Waals surface area contributed by atoms with Crippen molar-refractivity contribution >= 4 is 5.91 Å². The Bertz CT molecular complexity index is 320. The molecule has 4 unspecified atom stereocenters. The highest BCUT2D eigenvalue weighted by molar-refractivity contribution is 5.84. The van der Waals surface area contributed by atoms with Crippen LogP contribution in [0.2, 0.25) is 0 Å². The third kappa shape index (κ3) is 2.69. The summed E-state index contributed by atoms with van der Waals surface area (Å²) in [6.07, 6.45) is 5.70. The van der Waals surface area contributed by atoms with Gasteiger partial charge in [-0.15, -0.1) is 0 Å². The molecule has 4 atom stereocenters. The molecule has 0 aromatic rings. The number of hydrogen-bond acceptors (Lipinski definition) is 3. The number of nitrogens with zero attached hydrogens (tertiary/aromatic N) is 1. The fourth-order valence-corrected chi connectivity index (χ4v) is 3.88. The maximum Gasteiger partial charge on any atom is 0.238 e. The average molecular weight is 253 g/mol. The molecule has 2 bridgehead atoms. The SMILES string of the molecule is CNC(C)(CN(C)CC1CC2CCC1C2)C(N)=O. The van der Waals surface area contributed by atoms with Gasteiger partial charge in [0.05, 0.1) is 0 Å². The van der Waals surface area contributed by atoms with E-state index in [1.807, 2.05) is 6.92 Å². The summed E-state index contributed by atoms with van der Waals surface area (Å²) in [5.74, 6) is 2.49. The van der Waals surface area contributed by atoms with E-state index >= 15 is 0 Å². The van der Waals surface area contributed by atoms with E-state index in [9.17, 15) is 4.79 Å². The quantitative estimate of drug-likeness (QED) is 0.737. The summed E-state index contributed by atoms with van der Waals surface area (Å²) in [4.78, 5) is 13.8. The van der Waals surface area contributed by atoms with E-state index in [0.717, 1.165) is 24.3 Å². The van der Waals surface area contributed by atoms with Crippen molar-refractivity contribution in [1.82, 2.24) is 10.2 Å². The first-order chi connectivity index (χ1) is 8.44. The number of hydrogen-bond donors (Lipinski definition) is 2. The molecule has 104 valence electrons. The van der Waals surface area contributed by atoms with Crippen molar-refractivity contribution in [2.45, 2.75) is 38.1 Å². The molecule has 2 rings (SSSR count). The average Bonchev–Trinajstić information content (AvgIpc) is 2.90. The maximum absolute atomic E-state index is 11.5. The number of fused-ring (bicyclic) bond motifs is 2. The monoisotopic (exact) mass is 253 g/mol. The van der Waals surface area contributed by atoms with Crippen LogP contribution in [-0.2, 0) is 4.79 Å². The van der Waals surface area contributed by atoms with E-state index < -0.39 is 5.54 Å². The minimum Gasteiger partial charge on any atom is -0.368 e. The predicted octanol–water partition coefficient (Wildman–Crippen LogP) is 0.818. The summed E-state index contributed by atoms with van der Waals surface area (Å²) in [6, 6.07) is 0. The Morgan fingerprint density at radius 2 is 2.17 bits per heavy atom. The van der Waals surface area contributed by atoms with Crippen LogP contribution in [0.1, 0.15) is 32.6 Å². The van der Waals surface area contributed by atoms with E-state index in [1.165, 1.54) is 25.7 Å². The van der Waals surface area contributed by atoms with Gasteiger partial charge in [-0.2, -0.15) is 0 Å². The fourth-order valence-electron chi connectivity index (χ4n) is 3.88. The van der Waals surface area contributed by atoms with Gasteiger partial charge in [0.25, 0.3) is 0 Å². The predicted molar refractivity (Wildman–Crippen MR) is 73.1 cm³/mol. The number of rotatable bonds is 6. The van der Waals surface area contributed by atoms with Crippen molar-refractivity contribution in [2.24, 2.45) is 23.5 Å². The summed E-state index contributed by atoms with van der Waals surface area (Å²) in [7, 11) is 3.90. The topological polar surface area (TPSA) is 58.4 Å². The van der Waals surface area contributed by atoms with E-state index in [1.54, 1.807) is 7.05 Å². The van der Waals surface area contributed by atoms with Crippen molar-refractivity contribution in [3.63, 3.8) is 0 Å². The van der Waals surface area contributed by atoms with Crippen molar-refractivity contribution < 1.29 is 4.79 Å². The molecule has 18 heavy (non-hydrogen) atoms. The van der Waals surface area contributed by atoms with Gasteiger partial charge in [0.15, 0.2) is 0 Å². The van der Waals surface area contributed by atoms with Crippen LogP contribution in [0.15, 0.2) is 0 Å². The molecule has 4 heteroatoms. The Hall–Kier alpha value is -0.610. The lowest BCUT2D eigenvalue weighted by Gasteiger charge is -2.33. The lowest BCUT2D eigenvalue weighted by molar-refractivity contribution is -0.124. The van der Waals surface area contributed by atoms with Crippen LogP contribution < -0.4 is 11.1 Å². The highest BCUT2D eigenvalue weighted by Crippen LogP contribution is 2.48. The standard InChI is InChI=1S/C14H27N3O/c1-14(16-2,13(15)18)9-17(3)8-12-7-10-4-5-11(12)6-10/h10-12,16H,4-9H2,1-3H3,(H2,15,18). The second kappa shape index (κ2) is 5.17. The first-order valence-corrected chi connectivity index (χ1v) is 7.12. The zero-order valence-corrected chi connectivity index (χ0v) is 11.9. The number of nitrogens with two attached hydrogens (primary N) is 1. The number of carbonyl (C=O) groups is 1. The summed E-state index contributed by atoms with van der Waals surface area (Å²) in [5, 5.41) is 3.05. The van der Waals surface area contributed by atoms with E-state index in [0.29, 0.717) is 6.54 Å². The van der Waals surface area contributed by atoms with Gasteiger partial charge in [-0.1, -0.05) is 6.42 Å². The van der Waals surface area contributed by atoms with E-state index in [2.05, 4.69) is 17.3 Å². The first-order valence-electron chi connectivity index (χ1n) is 7.12. The summed E-state index contributed by atoms with van der Waals surface area (Å²) in [6.45, 7) is 3.67. The molecule has 1 amide bonds. The minimum atomic E-state index is -0.619. The molecule has 0 saturated heterocycles. The van der Waals surface area contributed by atoms with Crippen LogP contribution in [0.5, 0.6) is 0 Å². The zero-order chi connectivity index (χ0) is 13.3. The molecule has 0 aromatic heterocycles. The van der Waals surface area contributed by atoms with Crippen molar-refractivity contribution in [2.75, 3.05) is 27.2 Å². The Morgan fingerprint density at radius 1 is 1.44 bits per heavy atom. The molecule has 2 aliphatic carbocycles. The minimum absolute atomic E-state index is 0.273. The molecular formula is C14H27N3O. The number of carbonyl (C=O) groups excluding carboxylic acids is 1. The first kappa shape index (κ1) is 13.8. The van der Waals surface area contributed by atoms with Crippen LogP contribution in [0.4, 0.5) is 0 Å². The maximum atomic E-state index is 11.5. The van der Waals surface area contributed by atoms with E-state index in [-0.39, 0.29) is 5.91 Å². The van der Waals surface area contributed by atoms with Crippen LogP contribution in [-0.4, -0.2) is 43.5 Å².